The summed E-state index contributed by atoms with van der Waals surface area (Å²) in [7, 11) is 0. The molecule has 2 aromatic heterocycles. The number of rotatable bonds is 3. The number of nitrogens with zero attached hydrogens (tertiary/aromatic N) is 2. The maximum atomic E-state index is 12.2. The zero-order valence-electron chi connectivity index (χ0n) is 11.0. The van der Waals surface area contributed by atoms with Gasteiger partial charge in [-0.25, -0.2) is 14.8 Å². The minimum Gasteiger partial charge on any atom is -0.477 e. The van der Waals surface area contributed by atoms with Gasteiger partial charge in [0.05, 0.1) is 35.6 Å². The van der Waals surface area contributed by atoms with Gasteiger partial charge in [0.2, 0.25) is 5.91 Å². The molecule has 3 heterocycles. The van der Waals surface area contributed by atoms with Crippen molar-refractivity contribution in [1.82, 2.24) is 20.3 Å². The first-order valence-corrected chi connectivity index (χ1v) is 6.38. The van der Waals surface area contributed by atoms with E-state index in [-0.39, 0.29) is 17.6 Å². The van der Waals surface area contributed by atoms with Gasteiger partial charge in [-0.05, 0) is 12.1 Å². The number of aromatic carboxylic acids is 1. The molecule has 2 aromatic rings. The fourth-order valence-corrected chi connectivity index (χ4v) is 2.18. The molecule has 1 amide bonds. The zero-order chi connectivity index (χ0) is 14.8. The monoisotopic (exact) mass is 287 g/mol. The molecular weight excluding hydrogens is 274 g/mol. The molecule has 0 fully saturated rings. The molecule has 108 valence electrons. The minimum atomic E-state index is -1.10. The van der Waals surface area contributed by atoms with Crippen molar-refractivity contribution >= 4 is 17.6 Å². The first-order chi connectivity index (χ1) is 10.1. The van der Waals surface area contributed by atoms with E-state index >= 15 is 0 Å². The predicted molar refractivity (Wildman–Crippen MR) is 72.7 cm³/mol. The maximum absolute atomic E-state index is 12.2. The highest BCUT2D eigenvalue weighted by atomic mass is 16.4. The van der Waals surface area contributed by atoms with Gasteiger partial charge in [-0.1, -0.05) is 0 Å². The molecule has 0 bridgehead atoms. The number of imidazole rings is 1. The molecule has 0 aromatic carbocycles. The van der Waals surface area contributed by atoms with Crippen molar-refractivity contribution in [3.63, 3.8) is 0 Å². The van der Waals surface area contributed by atoms with E-state index in [0.717, 1.165) is 11.4 Å². The number of carbonyl (C=O) groups excluding carboxylic acids is 1. The van der Waals surface area contributed by atoms with E-state index in [1.165, 1.54) is 18.3 Å². The van der Waals surface area contributed by atoms with E-state index in [0.29, 0.717) is 18.7 Å². The summed E-state index contributed by atoms with van der Waals surface area (Å²) >= 11 is 0. The second kappa shape index (κ2) is 5.33. The van der Waals surface area contributed by atoms with Gasteiger partial charge >= 0.3 is 5.97 Å². The van der Waals surface area contributed by atoms with E-state index in [1.807, 2.05) is 0 Å². The van der Waals surface area contributed by atoms with Crippen molar-refractivity contribution in [3.8, 4) is 0 Å². The highest BCUT2D eigenvalue weighted by Crippen LogP contribution is 2.14. The average Bonchev–Trinajstić information content (AvgIpc) is 2.95. The van der Waals surface area contributed by atoms with Crippen LogP contribution in [0.5, 0.6) is 0 Å². The van der Waals surface area contributed by atoms with Crippen molar-refractivity contribution in [2.45, 2.75) is 19.0 Å². The second-order valence-electron chi connectivity index (χ2n) is 4.69. The molecule has 0 saturated carbocycles. The number of hydrogen-bond acceptors (Lipinski definition) is 5. The van der Waals surface area contributed by atoms with Crippen LogP contribution in [-0.2, 0) is 17.8 Å². The number of aromatic nitrogens is 3. The van der Waals surface area contributed by atoms with Gasteiger partial charge in [0.15, 0.2) is 0 Å². The molecule has 8 nitrogen and oxygen atoms in total. The molecular formula is C13H13N5O3. The predicted octanol–water partition coefficient (Wildman–Crippen LogP) is 0.156. The molecule has 1 aliphatic heterocycles. The number of aromatic amines is 1. The second-order valence-corrected chi connectivity index (χ2v) is 4.69. The molecule has 0 spiro atoms. The van der Waals surface area contributed by atoms with Gasteiger partial charge in [0.1, 0.15) is 5.69 Å². The van der Waals surface area contributed by atoms with Crippen LogP contribution in [0.25, 0.3) is 0 Å². The Hall–Kier alpha value is -2.74. The lowest BCUT2D eigenvalue weighted by Crippen LogP contribution is -2.44. The zero-order valence-corrected chi connectivity index (χ0v) is 11.0. The lowest BCUT2D eigenvalue weighted by Gasteiger charge is -2.22. The van der Waals surface area contributed by atoms with Gasteiger partial charge < -0.3 is 15.4 Å². The molecule has 0 aliphatic carbocycles. The minimum absolute atomic E-state index is 0.0649. The van der Waals surface area contributed by atoms with Gasteiger partial charge in [0, 0.05) is 13.0 Å². The Balaban J connectivity index is 1.65. The number of nitrogens with one attached hydrogen (secondary N) is 3. The molecule has 1 aliphatic rings. The van der Waals surface area contributed by atoms with E-state index in [2.05, 4.69) is 25.6 Å². The van der Waals surface area contributed by atoms with Gasteiger partial charge in [-0.3, -0.25) is 10.1 Å². The van der Waals surface area contributed by atoms with Crippen molar-refractivity contribution in [1.29, 1.82) is 0 Å². The van der Waals surface area contributed by atoms with Crippen molar-refractivity contribution in [2.75, 3.05) is 5.32 Å². The molecule has 8 heteroatoms. The summed E-state index contributed by atoms with van der Waals surface area (Å²) in [6, 6.07) is 2.48. The molecule has 1 unspecified atom stereocenters. The number of carboxylic acid groups (broad SMARTS) is 1. The number of hydrogen-bond donors (Lipinski definition) is 4. The molecule has 0 saturated heterocycles. The fraction of sp³-hybridized carbons (Fsp3) is 0.231. The topological polar surface area (TPSA) is 120 Å². The van der Waals surface area contributed by atoms with E-state index in [4.69, 9.17) is 5.11 Å². The lowest BCUT2D eigenvalue weighted by molar-refractivity contribution is -0.118. The molecule has 21 heavy (non-hydrogen) atoms. The summed E-state index contributed by atoms with van der Waals surface area (Å²) in [6.07, 6.45) is 3.44. The summed E-state index contributed by atoms with van der Waals surface area (Å²) in [5.41, 5.74) is 2.27. The standard InChI is InChI=1S/C13H13N5O3/c19-12(10-3-9-11(5-15-10)17-6-16-9)18-7-1-2-8(13(20)21)14-4-7/h1-2,4,6,10,15H,3,5H2,(H,16,17)(H,18,19)(H,20,21). The van der Waals surface area contributed by atoms with Crippen LogP contribution in [0.2, 0.25) is 0 Å². The van der Waals surface area contributed by atoms with Crippen molar-refractivity contribution in [2.24, 2.45) is 0 Å². The summed E-state index contributed by atoms with van der Waals surface area (Å²) < 4.78 is 0. The van der Waals surface area contributed by atoms with Crippen LogP contribution in [0.15, 0.2) is 24.7 Å². The third kappa shape index (κ3) is 2.75. The van der Waals surface area contributed by atoms with Crippen molar-refractivity contribution in [3.05, 3.63) is 41.7 Å². The Morgan fingerprint density at radius 1 is 1.33 bits per heavy atom. The quantitative estimate of drug-likeness (QED) is 0.638. The Morgan fingerprint density at radius 2 is 2.19 bits per heavy atom. The maximum Gasteiger partial charge on any atom is 0.354 e. The van der Waals surface area contributed by atoms with Crippen LogP contribution in [-0.4, -0.2) is 38.0 Å². The Bertz CT molecular complexity index is 679. The van der Waals surface area contributed by atoms with Crippen LogP contribution in [0, 0.1) is 0 Å². The Morgan fingerprint density at radius 3 is 2.90 bits per heavy atom. The number of carbonyl (C=O) groups is 2. The SMILES string of the molecule is O=C(O)c1ccc(NC(=O)C2Cc3nc[nH]c3CN2)cn1. The first kappa shape index (κ1) is 13.3. The molecule has 3 rings (SSSR count). The van der Waals surface area contributed by atoms with Gasteiger partial charge in [-0.15, -0.1) is 0 Å². The van der Waals surface area contributed by atoms with Crippen LogP contribution >= 0.6 is 0 Å². The van der Waals surface area contributed by atoms with Gasteiger partial charge in [0.25, 0.3) is 0 Å². The summed E-state index contributed by atoms with van der Waals surface area (Å²) in [5.74, 6) is -1.30. The lowest BCUT2D eigenvalue weighted by atomic mass is 10.0. The van der Waals surface area contributed by atoms with Crippen molar-refractivity contribution < 1.29 is 14.7 Å². The highest BCUT2D eigenvalue weighted by Gasteiger charge is 2.25. The molecule has 1 atom stereocenters. The highest BCUT2D eigenvalue weighted by molar-refractivity contribution is 5.95. The van der Waals surface area contributed by atoms with Crippen LogP contribution in [0.4, 0.5) is 5.69 Å². The molecule has 0 radical (unpaired) electrons. The van der Waals surface area contributed by atoms with E-state index in [1.54, 1.807) is 6.33 Å². The van der Waals surface area contributed by atoms with Gasteiger partial charge in [-0.2, -0.15) is 0 Å². The fourth-order valence-electron chi connectivity index (χ4n) is 2.18. The van der Waals surface area contributed by atoms with E-state index in [9.17, 15) is 9.59 Å². The number of fused-ring (bicyclic) bond motifs is 1. The summed E-state index contributed by atoms with van der Waals surface area (Å²) in [4.78, 5) is 33.8. The number of H-pyrrole nitrogens is 1. The number of anilines is 1. The number of carboxylic acids is 1. The van der Waals surface area contributed by atoms with E-state index < -0.39 is 5.97 Å². The van der Waals surface area contributed by atoms with Crippen LogP contribution in [0.3, 0.4) is 0 Å². The summed E-state index contributed by atoms with van der Waals surface area (Å²) in [6.45, 7) is 0.559. The number of amides is 1. The Labute approximate surface area is 119 Å². The first-order valence-electron chi connectivity index (χ1n) is 6.38. The smallest absolute Gasteiger partial charge is 0.354 e. The average molecular weight is 287 g/mol. The third-order valence-corrected chi connectivity index (χ3v) is 3.30. The van der Waals surface area contributed by atoms with Crippen LogP contribution in [0.1, 0.15) is 21.9 Å². The normalized spacial score (nSPS) is 17.0. The number of pyridine rings is 1. The molecule has 4 N–H and O–H groups in total. The Kier molecular flexibility index (Phi) is 3.36. The third-order valence-electron chi connectivity index (χ3n) is 3.30. The van der Waals surface area contributed by atoms with Crippen LogP contribution < -0.4 is 10.6 Å². The largest absolute Gasteiger partial charge is 0.477 e. The summed E-state index contributed by atoms with van der Waals surface area (Å²) in [5, 5.41) is 14.6.